The third-order valence-corrected chi connectivity index (χ3v) is 1.52. The van der Waals surface area contributed by atoms with E-state index in [0.29, 0.717) is 13.2 Å². The van der Waals surface area contributed by atoms with Gasteiger partial charge in [-0.15, -0.1) is 0 Å². The molecule has 74 valence electrons. The Morgan fingerprint density at radius 3 is 1.67 bits per heavy atom. The minimum atomic E-state index is -0.491. The summed E-state index contributed by atoms with van der Waals surface area (Å²) < 4.78 is 10.4. The van der Waals surface area contributed by atoms with Crippen molar-refractivity contribution in [2.75, 3.05) is 26.4 Å². The van der Waals surface area contributed by atoms with Crippen molar-refractivity contribution in [3.05, 3.63) is 0 Å². The van der Waals surface area contributed by atoms with Crippen molar-refractivity contribution >= 4 is 0 Å². The number of aliphatic hydroxyl groups excluding tert-OH is 2. The lowest BCUT2D eigenvalue weighted by Gasteiger charge is -2.23. The zero-order valence-corrected chi connectivity index (χ0v) is 7.69. The first-order valence-electron chi connectivity index (χ1n) is 4.25. The molecule has 0 rings (SSSR count). The highest BCUT2D eigenvalue weighted by Gasteiger charge is 2.20. The van der Waals surface area contributed by atoms with Gasteiger partial charge >= 0.3 is 0 Å². The van der Waals surface area contributed by atoms with Gasteiger partial charge < -0.3 is 19.7 Å². The van der Waals surface area contributed by atoms with E-state index < -0.39 is 6.29 Å². The molecule has 0 aliphatic carbocycles. The second-order valence-corrected chi connectivity index (χ2v) is 2.40. The summed E-state index contributed by atoms with van der Waals surface area (Å²) in [6.07, 6.45) is -0.491. The lowest BCUT2D eigenvalue weighted by Crippen LogP contribution is -2.32. The molecule has 0 radical (unpaired) electrons. The molecule has 0 spiro atoms. The van der Waals surface area contributed by atoms with Crippen molar-refractivity contribution in [3.8, 4) is 0 Å². The van der Waals surface area contributed by atoms with Crippen LogP contribution in [0, 0.1) is 5.92 Å². The zero-order chi connectivity index (χ0) is 9.40. The van der Waals surface area contributed by atoms with E-state index >= 15 is 0 Å². The first kappa shape index (κ1) is 11.8. The fourth-order valence-corrected chi connectivity index (χ4v) is 0.879. The molecule has 0 heterocycles. The molecule has 0 aliphatic heterocycles. The van der Waals surface area contributed by atoms with Gasteiger partial charge in [-0.2, -0.15) is 0 Å². The van der Waals surface area contributed by atoms with Gasteiger partial charge in [-0.3, -0.25) is 0 Å². The monoisotopic (exact) mass is 178 g/mol. The van der Waals surface area contributed by atoms with Crippen molar-refractivity contribution in [2.45, 2.75) is 20.1 Å². The summed E-state index contributed by atoms with van der Waals surface area (Å²) in [7, 11) is 0. The fourth-order valence-electron chi connectivity index (χ4n) is 0.879. The molecule has 0 fully saturated rings. The quantitative estimate of drug-likeness (QED) is 0.538. The molecule has 0 aromatic rings. The van der Waals surface area contributed by atoms with Gasteiger partial charge in [-0.25, -0.2) is 0 Å². The SMILES string of the molecule is CCOC(OCC)C(CO)CO. The van der Waals surface area contributed by atoms with Crippen LogP contribution in [0.15, 0.2) is 0 Å². The van der Waals surface area contributed by atoms with Gasteiger partial charge in [0.05, 0.1) is 19.1 Å². The van der Waals surface area contributed by atoms with E-state index in [1.54, 1.807) is 0 Å². The Labute approximate surface area is 73.1 Å². The van der Waals surface area contributed by atoms with E-state index in [2.05, 4.69) is 0 Å². The third-order valence-electron chi connectivity index (χ3n) is 1.52. The third kappa shape index (κ3) is 4.01. The van der Waals surface area contributed by atoms with Crippen molar-refractivity contribution in [1.82, 2.24) is 0 Å². The van der Waals surface area contributed by atoms with E-state index in [9.17, 15) is 0 Å². The van der Waals surface area contributed by atoms with Crippen LogP contribution in [-0.4, -0.2) is 42.9 Å². The summed E-state index contributed by atoms with van der Waals surface area (Å²) >= 11 is 0. The fraction of sp³-hybridized carbons (Fsp3) is 1.00. The Bertz CT molecular complexity index is 87.1. The molecule has 0 aliphatic rings. The van der Waals surface area contributed by atoms with Crippen molar-refractivity contribution in [2.24, 2.45) is 5.92 Å². The smallest absolute Gasteiger partial charge is 0.164 e. The van der Waals surface area contributed by atoms with Crippen LogP contribution in [-0.2, 0) is 9.47 Å². The van der Waals surface area contributed by atoms with Gasteiger partial charge in [0, 0.05) is 13.2 Å². The van der Waals surface area contributed by atoms with Gasteiger partial charge in [0.25, 0.3) is 0 Å². The summed E-state index contributed by atoms with van der Waals surface area (Å²) in [5.41, 5.74) is 0. The standard InChI is InChI=1S/C8H18O4/c1-3-11-8(12-4-2)7(5-9)6-10/h7-10H,3-6H2,1-2H3. The Morgan fingerprint density at radius 1 is 1.00 bits per heavy atom. The van der Waals surface area contributed by atoms with Gasteiger partial charge in [-0.1, -0.05) is 0 Å². The summed E-state index contributed by atoms with van der Waals surface area (Å²) in [5, 5.41) is 17.7. The average Bonchev–Trinajstić information content (AvgIpc) is 2.07. The van der Waals surface area contributed by atoms with E-state index in [1.165, 1.54) is 0 Å². The maximum absolute atomic E-state index is 8.83. The highest BCUT2D eigenvalue weighted by molar-refractivity contribution is 4.59. The Morgan fingerprint density at radius 2 is 1.42 bits per heavy atom. The number of ether oxygens (including phenoxy) is 2. The molecule has 0 saturated heterocycles. The Hall–Kier alpha value is -0.160. The highest BCUT2D eigenvalue weighted by Crippen LogP contribution is 2.08. The van der Waals surface area contributed by atoms with Gasteiger partial charge in [0.15, 0.2) is 6.29 Å². The van der Waals surface area contributed by atoms with E-state index in [4.69, 9.17) is 19.7 Å². The lowest BCUT2D eigenvalue weighted by atomic mass is 10.1. The first-order chi connectivity index (χ1) is 5.79. The average molecular weight is 178 g/mol. The second kappa shape index (κ2) is 7.49. The predicted molar refractivity (Wildman–Crippen MR) is 44.7 cm³/mol. The largest absolute Gasteiger partial charge is 0.396 e. The van der Waals surface area contributed by atoms with Crippen LogP contribution in [0.3, 0.4) is 0 Å². The number of aliphatic hydroxyl groups is 2. The van der Waals surface area contributed by atoms with Crippen molar-refractivity contribution in [3.63, 3.8) is 0 Å². The van der Waals surface area contributed by atoms with E-state index in [1.807, 2.05) is 13.8 Å². The second-order valence-electron chi connectivity index (χ2n) is 2.40. The molecular formula is C8H18O4. The van der Waals surface area contributed by atoms with Gasteiger partial charge in [0.1, 0.15) is 0 Å². The van der Waals surface area contributed by atoms with Crippen LogP contribution >= 0.6 is 0 Å². The predicted octanol–water partition coefficient (Wildman–Crippen LogP) is -0.0137. The molecular weight excluding hydrogens is 160 g/mol. The molecule has 0 aromatic carbocycles. The molecule has 2 N–H and O–H groups in total. The van der Waals surface area contributed by atoms with Crippen LogP contribution in [0.1, 0.15) is 13.8 Å². The first-order valence-corrected chi connectivity index (χ1v) is 4.25. The molecule has 0 bridgehead atoms. The van der Waals surface area contributed by atoms with Crippen LogP contribution < -0.4 is 0 Å². The molecule has 0 saturated carbocycles. The van der Waals surface area contributed by atoms with Crippen LogP contribution in [0.25, 0.3) is 0 Å². The Kier molecular flexibility index (Phi) is 7.39. The van der Waals surface area contributed by atoms with Crippen LogP contribution in [0.2, 0.25) is 0 Å². The molecule has 0 unspecified atom stereocenters. The Balaban J connectivity index is 3.86. The molecule has 4 nitrogen and oxygen atoms in total. The van der Waals surface area contributed by atoms with Crippen molar-refractivity contribution < 1.29 is 19.7 Å². The number of hydrogen-bond donors (Lipinski definition) is 2. The van der Waals surface area contributed by atoms with E-state index in [-0.39, 0.29) is 19.1 Å². The minimum absolute atomic E-state index is 0.124. The van der Waals surface area contributed by atoms with Gasteiger partial charge in [-0.05, 0) is 13.8 Å². The van der Waals surface area contributed by atoms with Crippen LogP contribution in [0.4, 0.5) is 0 Å². The highest BCUT2D eigenvalue weighted by atomic mass is 16.7. The summed E-state index contributed by atoms with van der Waals surface area (Å²) in [4.78, 5) is 0. The van der Waals surface area contributed by atoms with Crippen LogP contribution in [0.5, 0.6) is 0 Å². The molecule has 0 atom stereocenters. The maximum Gasteiger partial charge on any atom is 0.164 e. The molecule has 4 heteroatoms. The van der Waals surface area contributed by atoms with Gasteiger partial charge in [0.2, 0.25) is 0 Å². The number of hydrogen-bond acceptors (Lipinski definition) is 4. The van der Waals surface area contributed by atoms with E-state index in [0.717, 1.165) is 0 Å². The summed E-state index contributed by atoms with van der Waals surface area (Å²) in [6, 6.07) is 0. The minimum Gasteiger partial charge on any atom is -0.396 e. The number of rotatable bonds is 7. The molecule has 12 heavy (non-hydrogen) atoms. The lowest BCUT2D eigenvalue weighted by molar-refractivity contribution is -0.181. The van der Waals surface area contributed by atoms with Crippen molar-refractivity contribution in [1.29, 1.82) is 0 Å². The maximum atomic E-state index is 8.83. The topological polar surface area (TPSA) is 58.9 Å². The summed E-state index contributed by atoms with van der Waals surface area (Å²) in [5.74, 6) is -0.343. The normalized spacial score (nSPS) is 11.5. The molecule has 0 aromatic heterocycles. The molecule has 0 amide bonds. The summed E-state index contributed by atoms with van der Waals surface area (Å²) in [6.45, 7) is 4.47. The zero-order valence-electron chi connectivity index (χ0n) is 7.69.